The third-order valence-electron chi connectivity index (χ3n) is 4.21. The van der Waals surface area contributed by atoms with E-state index in [0.717, 1.165) is 11.1 Å². The van der Waals surface area contributed by atoms with E-state index < -0.39 is 5.97 Å². The Kier molecular flexibility index (Phi) is 7.62. The maximum atomic E-state index is 12.3. The highest BCUT2D eigenvalue weighted by Gasteiger charge is 2.18. The number of amides is 1. The SMILES string of the molecule is CCOc1ccccc1/C=C/C(=O)OCC(=O)N(C)[C@@H](C)c1ccccc1. The first-order valence-electron chi connectivity index (χ1n) is 8.90. The highest BCUT2D eigenvalue weighted by Crippen LogP contribution is 2.20. The van der Waals surface area contributed by atoms with Gasteiger partial charge in [0.25, 0.3) is 5.91 Å². The first kappa shape index (κ1) is 20.2. The van der Waals surface area contributed by atoms with Crippen LogP contribution in [0.4, 0.5) is 0 Å². The Labute approximate surface area is 160 Å². The number of hydrogen-bond donors (Lipinski definition) is 0. The predicted octanol–water partition coefficient (Wildman–Crippen LogP) is 3.86. The molecule has 1 amide bonds. The van der Waals surface area contributed by atoms with Crippen LogP contribution in [-0.4, -0.2) is 37.0 Å². The summed E-state index contributed by atoms with van der Waals surface area (Å²) in [5.41, 5.74) is 1.80. The largest absolute Gasteiger partial charge is 0.493 e. The smallest absolute Gasteiger partial charge is 0.331 e. The van der Waals surface area contributed by atoms with Crippen LogP contribution in [0.2, 0.25) is 0 Å². The number of carbonyl (C=O) groups excluding carboxylic acids is 2. The molecule has 5 nitrogen and oxygen atoms in total. The van der Waals surface area contributed by atoms with E-state index in [0.29, 0.717) is 12.4 Å². The Morgan fingerprint density at radius 1 is 1.07 bits per heavy atom. The summed E-state index contributed by atoms with van der Waals surface area (Å²) in [6.45, 7) is 4.06. The van der Waals surface area contributed by atoms with E-state index in [2.05, 4.69) is 0 Å². The molecule has 0 spiro atoms. The van der Waals surface area contributed by atoms with Crippen molar-refractivity contribution in [2.75, 3.05) is 20.3 Å². The fraction of sp³-hybridized carbons (Fsp3) is 0.273. The van der Waals surface area contributed by atoms with Crippen LogP contribution < -0.4 is 4.74 Å². The number of esters is 1. The van der Waals surface area contributed by atoms with Gasteiger partial charge < -0.3 is 14.4 Å². The molecule has 0 aliphatic carbocycles. The molecule has 0 fully saturated rings. The van der Waals surface area contributed by atoms with Gasteiger partial charge in [0, 0.05) is 18.7 Å². The summed E-state index contributed by atoms with van der Waals surface area (Å²) in [5, 5.41) is 0. The normalized spacial score (nSPS) is 11.8. The molecule has 0 aliphatic rings. The molecule has 27 heavy (non-hydrogen) atoms. The zero-order chi connectivity index (χ0) is 19.6. The molecule has 0 heterocycles. The van der Waals surface area contributed by atoms with Crippen molar-refractivity contribution in [3.05, 3.63) is 71.8 Å². The van der Waals surface area contributed by atoms with Crippen LogP contribution in [0.25, 0.3) is 6.08 Å². The van der Waals surface area contributed by atoms with Crippen molar-refractivity contribution in [1.82, 2.24) is 4.90 Å². The van der Waals surface area contributed by atoms with Crippen molar-refractivity contribution in [3.63, 3.8) is 0 Å². The number of ether oxygens (including phenoxy) is 2. The number of benzene rings is 2. The summed E-state index contributed by atoms with van der Waals surface area (Å²) in [7, 11) is 1.70. The first-order chi connectivity index (χ1) is 13.0. The van der Waals surface area contributed by atoms with Crippen molar-refractivity contribution < 1.29 is 19.1 Å². The van der Waals surface area contributed by atoms with Crippen molar-refractivity contribution in [2.45, 2.75) is 19.9 Å². The third-order valence-corrected chi connectivity index (χ3v) is 4.21. The first-order valence-corrected chi connectivity index (χ1v) is 8.90. The molecule has 0 bridgehead atoms. The molecule has 0 aliphatic heterocycles. The lowest BCUT2D eigenvalue weighted by Crippen LogP contribution is -2.33. The molecule has 5 heteroatoms. The summed E-state index contributed by atoms with van der Waals surface area (Å²) in [6.07, 6.45) is 2.92. The Hall–Kier alpha value is -3.08. The number of likely N-dealkylation sites (N-methyl/N-ethyl adjacent to an activating group) is 1. The van der Waals surface area contributed by atoms with Crippen molar-refractivity contribution in [2.24, 2.45) is 0 Å². The second-order valence-electron chi connectivity index (χ2n) is 6.00. The van der Waals surface area contributed by atoms with Gasteiger partial charge in [-0.25, -0.2) is 4.79 Å². The minimum absolute atomic E-state index is 0.106. The molecule has 2 aromatic carbocycles. The Bertz CT molecular complexity index is 786. The van der Waals surface area contributed by atoms with Crippen LogP contribution >= 0.6 is 0 Å². The molecule has 2 rings (SSSR count). The lowest BCUT2D eigenvalue weighted by Gasteiger charge is -2.25. The van der Waals surface area contributed by atoms with Crippen molar-refractivity contribution >= 4 is 18.0 Å². The molecular formula is C22H25NO4. The Morgan fingerprint density at radius 3 is 2.44 bits per heavy atom. The van der Waals surface area contributed by atoms with Gasteiger partial charge in [-0.3, -0.25) is 4.79 Å². The molecule has 0 saturated carbocycles. The van der Waals surface area contributed by atoms with Gasteiger partial charge >= 0.3 is 5.97 Å². The van der Waals surface area contributed by atoms with E-state index in [1.54, 1.807) is 18.0 Å². The average Bonchev–Trinajstić information content (AvgIpc) is 2.71. The van der Waals surface area contributed by atoms with E-state index in [-0.39, 0.29) is 18.6 Å². The predicted molar refractivity (Wildman–Crippen MR) is 105 cm³/mol. The molecule has 0 radical (unpaired) electrons. The van der Waals surface area contributed by atoms with E-state index in [1.807, 2.05) is 68.4 Å². The Morgan fingerprint density at radius 2 is 1.74 bits per heavy atom. The molecule has 0 N–H and O–H groups in total. The lowest BCUT2D eigenvalue weighted by atomic mass is 10.1. The van der Waals surface area contributed by atoms with Gasteiger partial charge in [-0.1, -0.05) is 48.5 Å². The monoisotopic (exact) mass is 367 g/mol. The second-order valence-corrected chi connectivity index (χ2v) is 6.00. The van der Waals surface area contributed by atoms with E-state index in [9.17, 15) is 9.59 Å². The summed E-state index contributed by atoms with van der Waals surface area (Å²) >= 11 is 0. The standard InChI is InChI=1S/C22H25NO4/c1-4-26-20-13-9-8-12-19(20)14-15-22(25)27-16-21(24)23(3)17(2)18-10-6-5-7-11-18/h5-15,17H,4,16H2,1-3H3/b15-14+/t17-/m0/s1. The van der Waals surface area contributed by atoms with Crippen molar-refractivity contribution in [1.29, 1.82) is 0 Å². The molecular weight excluding hydrogens is 342 g/mol. The summed E-state index contributed by atoms with van der Waals surface area (Å²) < 4.78 is 10.6. The molecule has 0 aromatic heterocycles. The number of nitrogens with zero attached hydrogens (tertiary/aromatic N) is 1. The van der Waals surface area contributed by atoms with Gasteiger partial charge in [-0.2, -0.15) is 0 Å². The molecule has 2 aromatic rings. The van der Waals surface area contributed by atoms with E-state index >= 15 is 0 Å². The minimum Gasteiger partial charge on any atom is -0.493 e. The van der Waals surface area contributed by atoms with Crippen LogP contribution in [0.1, 0.15) is 31.0 Å². The van der Waals surface area contributed by atoms with Crippen LogP contribution in [0.15, 0.2) is 60.7 Å². The second kappa shape index (κ2) is 10.2. The highest BCUT2D eigenvalue weighted by atomic mass is 16.5. The highest BCUT2D eigenvalue weighted by molar-refractivity contribution is 5.89. The molecule has 142 valence electrons. The number of para-hydroxylation sites is 1. The van der Waals surface area contributed by atoms with Gasteiger partial charge in [0.05, 0.1) is 12.6 Å². The maximum absolute atomic E-state index is 12.3. The van der Waals surface area contributed by atoms with Gasteiger partial charge in [0.2, 0.25) is 0 Å². The van der Waals surface area contributed by atoms with E-state index in [4.69, 9.17) is 9.47 Å². The van der Waals surface area contributed by atoms with Gasteiger partial charge in [0.1, 0.15) is 5.75 Å². The quantitative estimate of drug-likeness (QED) is 0.525. The Balaban J connectivity index is 1.88. The number of hydrogen-bond acceptors (Lipinski definition) is 4. The fourth-order valence-electron chi connectivity index (χ4n) is 2.52. The minimum atomic E-state index is -0.574. The summed E-state index contributed by atoms with van der Waals surface area (Å²) in [6, 6.07) is 17.0. The van der Waals surface area contributed by atoms with E-state index in [1.165, 1.54) is 6.08 Å². The maximum Gasteiger partial charge on any atom is 0.331 e. The number of rotatable bonds is 8. The van der Waals surface area contributed by atoms with Crippen LogP contribution in [-0.2, 0) is 14.3 Å². The molecule has 1 atom stereocenters. The zero-order valence-electron chi connectivity index (χ0n) is 15.9. The van der Waals surface area contributed by atoms with Gasteiger partial charge in [0.15, 0.2) is 6.61 Å². The topological polar surface area (TPSA) is 55.8 Å². The third kappa shape index (κ3) is 5.99. The molecule has 0 unspecified atom stereocenters. The van der Waals surface area contributed by atoms with Gasteiger partial charge in [-0.05, 0) is 31.6 Å². The summed E-state index contributed by atoms with van der Waals surface area (Å²) in [5.74, 6) is -0.144. The fourth-order valence-corrected chi connectivity index (χ4v) is 2.52. The van der Waals surface area contributed by atoms with Crippen LogP contribution in [0, 0.1) is 0 Å². The van der Waals surface area contributed by atoms with Crippen LogP contribution in [0.5, 0.6) is 5.75 Å². The zero-order valence-corrected chi connectivity index (χ0v) is 15.9. The molecule has 0 saturated heterocycles. The van der Waals surface area contributed by atoms with Crippen LogP contribution in [0.3, 0.4) is 0 Å². The lowest BCUT2D eigenvalue weighted by molar-refractivity contribution is -0.148. The van der Waals surface area contributed by atoms with Crippen molar-refractivity contribution in [3.8, 4) is 5.75 Å². The number of carbonyl (C=O) groups is 2. The average molecular weight is 367 g/mol. The summed E-state index contributed by atoms with van der Waals surface area (Å²) in [4.78, 5) is 25.8. The van der Waals surface area contributed by atoms with Gasteiger partial charge in [-0.15, -0.1) is 0 Å².